The highest BCUT2D eigenvalue weighted by atomic mass is 16.5. The summed E-state index contributed by atoms with van der Waals surface area (Å²) >= 11 is 0. The van der Waals surface area contributed by atoms with E-state index in [0.29, 0.717) is 5.92 Å². The zero-order valence-corrected chi connectivity index (χ0v) is 11.4. The molecule has 4 heteroatoms. The Hall–Kier alpha value is -1.39. The summed E-state index contributed by atoms with van der Waals surface area (Å²) in [6, 6.07) is 8.28. The van der Waals surface area contributed by atoms with E-state index in [9.17, 15) is 0 Å². The average Bonchev–Trinajstić information content (AvgIpc) is 2.48. The van der Waals surface area contributed by atoms with Gasteiger partial charge in [0.1, 0.15) is 0 Å². The van der Waals surface area contributed by atoms with Crippen LogP contribution in [0.3, 0.4) is 0 Å². The van der Waals surface area contributed by atoms with Crippen LogP contribution in [0.15, 0.2) is 29.3 Å². The van der Waals surface area contributed by atoms with Crippen molar-refractivity contribution in [2.24, 2.45) is 10.9 Å². The van der Waals surface area contributed by atoms with Crippen LogP contribution in [0.25, 0.3) is 0 Å². The maximum Gasteiger partial charge on any atom is 0.227 e. The number of benzene rings is 1. The first-order valence-corrected chi connectivity index (χ1v) is 7.02. The van der Waals surface area contributed by atoms with Gasteiger partial charge in [-0.25, -0.2) is 4.99 Å². The molecule has 1 aromatic rings. The second-order valence-corrected chi connectivity index (χ2v) is 5.30. The van der Waals surface area contributed by atoms with Crippen molar-refractivity contribution in [2.75, 3.05) is 31.6 Å². The van der Waals surface area contributed by atoms with Crippen LogP contribution in [0.2, 0.25) is 0 Å². The molecule has 1 aromatic carbocycles. The predicted octanol–water partition coefficient (Wildman–Crippen LogP) is 1.86. The number of hydrogen-bond acceptors (Lipinski definition) is 4. The molecule has 0 aliphatic carbocycles. The molecule has 0 spiro atoms. The summed E-state index contributed by atoms with van der Waals surface area (Å²) in [5.74, 6) is 0.669. The van der Waals surface area contributed by atoms with E-state index in [4.69, 9.17) is 4.74 Å². The van der Waals surface area contributed by atoms with Gasteiger partial charge in [-0.15, -0.1) is 0 Å². The van der Waals surface area contributed by atoms with Crippen molar-refractivity contribution in [1.82, 2.24) is 5.32 Å². The molecule has 2 heterocycles. The first kappa shape index (κ1) is 12.6. The van der Waals surface area contributed by atoms with Crippen molar-refractivity contribution in [1.29, 1.82) is 0 Å². The second kappa shape index (κ2) is 5.72. The third kappa shape index (κ3) is 2.80. The van der Waals surface area contributed by atoms with Gasteiger partial charge in [0.2, 0.25) is 6.35 Å². The Kier molecular flexibility index (Phi) is 3.80. The normalized spacial score (nSPS) is 23.4. The number of nitrogens with one attached hydrogen (secondary N) is 1. The minimum atomic E-state index is -0.176. The van der Waals surface area contributed by atoms with Crippen LogP contribution >= 0.6 is 0 Å². The Bertz CT molecular complexity index is 454. The molecule has 0 radical (unpaired) electrons. The SMILES string of the molecule is CN1c2ccccc2C=NC1OCC1CCNCC1. The van der Waals surface area contributed by atoms with Crippen molar-refractivity contribution < 1.29 is 4.74 Å². The van der Waals surface area contributed by atoms with E-state index in [1.807, 2.05) is 19.3 Å². The highest BCUT2D eigenvalue weighted by molar-refractivity contribution is 5.89. The van der Waals surface area contributed by atoms with Crippen molar-refractivity contribution in [2.45, 2.75) is 19.2 Å². The van der Waals surface area contributed by atoms with E-state index in [1.165, 1.54) is 18.5 Å². The van der Waals surface area contributed by atoms with Crippen LogP contribution in [-0.2, 0) is 4.74 Å². The molecule has 0 aromatic heterocycles. The predicted molar refractivity (Wildman–Crippen MR) is 77.8 cm³/mol. The van der Waals surface area contributed by atoms with Gasteiger partial charge in [-0.2, -0.15) is 0 Å². The van der Waals surface area contributed by atoms with E-state index in [1.54, 1.807) is 0 Å². The van der Waals surface area contributed by atoms with Gasteiger partial charge in [-0.3, -0.25) is 0 Å². The van der Waals surface area contributed by atoms with Crippen LogP contribution in [0.5, 0.6) is 0 Å². The molecular formula is C15H21N3O. The van der Waals surface area contributed by atoms with Crippen LogP contribution in [-0.4, -0.2) is 39.3 Å². The van der Waals surface area contributed by atoms with E-state index < -0.39 is 0 Å². The summed E-state index contributed by atoms with van der Waals surface area (Å²) in [7, 11) is 2.04. The van der Waals surface area contributed by atoms with Gasteiger partial charge in [0.15, 0.2) is 0 Å². The molecule has 0 bridgehead atoms. The molecule has 1 saturated heterocycles. The van der Waals surface area contributed by atoms with Gasteiger partial charge >= 0.3 is 0 Å². The lowest BCUT2D eigenvalue weighted by Crippen LogP contribution is -2.38. The smallest absolute Gasteiger partial charge is 0.227 e. The Morgan fingerprint density at radius 3 is 2.95 bits per heavy atom. The molecule has 102 valence electrons. The van der Waals surface area contributed by atoms with Crippen molar-refractivity contribution in [3.63, 3.8) is 0 Å². The molecule has 4 nitrogen and oxygen atoms in total. The summed E-state index contributed by atoms with van der Waals surface area (Å²) in [5, 5.41) is 3.38. The summed E-state index contributed by atoms with van der Waals surface area (Å²) in [5.41, 5.74) is 2.35. The van der Waals surface area contributed by atoms with E-state index in [2.05, 4.69) is 33.4 Å². The number of hydrogen-bond donors (Lipinski definition) is 1. The quantitative estimate of drug-likeness (QED) is 0.900. The summed E-state index contributed by atoms with van der Waals surface area (Å²) in [6.07, 6.45) is 4.15. The molecule has 2 aliphatic rings. The van der Waals surface area contributed by atoms with Crippen LogP contribution in [0.4, 0.5) is 5.69 Å². The number of nitrogens with zero attached hydrogens (tertiary/aromatic N) is 2. The zero-order chi connectivity index (χ0) is 13.1. The Labute approximate surface area is 114 Å². The molecule has 1 N–H and O–H groups in total. The van der Waals surface area contributed by atoms with Crippen LogP contribution < -0.4 is 10.2 Å². The third-order valence-electron chi connectivity index (χ3n) is 3.93. The van der Waals surface area contributed by atoms with Crippen molar-refractivity contribution in [3.05, 3.63) is 29.8 Å². The number of fused-ring (bicyclic) bond motifs is 1. The fourth-order valence-corrected chi connectivity index (χ4v) is 2.71. The Morgan fingerprint density at radius 2 is 2.11 bits per heavy atom. The minimum absolute atomic E-state index is 0.176. The largest absolute Gasteiger partial charge is 0.339 e. The van der Waals surface area contributed by atoms with Crippen LogP contribution in [0.1, 0.15) is 18.4 Å². The molecular weight excluding hydrogens is 238 g/mol. The van der Waals surface area contributed by atoms with Gasteiger partial charge in [0.05, 0.1) is 6.61 Å². The lowest BCUT2D eigenvalue weighted by molar-refractivity contribution is 0.0279. The molecule has 3 rings (SSSR count). The van der Waals surface area contributed by atoms with Crippen molar-refractivity contribution in [3.8, 4) is 0 Å². The number of rotatable bonds is 3. The number of piperidine rings is 1. The lowest BCUT2D eigenvalue weighted by atomic mass is 9.99. The van der Waals surface area contributed by atoms with Crippen molar-refractivity contribution >= 4 is 11.9 Å². The van der Waals surface area contributed by atoms with Gasteiger partial charge in [0, 0.05) is 24.5 Å². The monoisotopic (exact) mass is 259 g/mol. The standard InChI is InChI=1S/C15H21N3O/c1-18-14-5-3-2-4-13(14)10-17-15(18)19-11-12-6-8-16-9-7-12/h2-5,10,12,15-16H,6-9,11H2,1H3. The Morgan fingerprint density at radius 1 is 1.32 bits per heavy atom. The van der Waals surface area contributed by atoms with E-state index >= 15 is 0 Å². The highest BCUT2D eigenvalue weighted by Crippen LogP contribution is 2.25. The Balaban J connectivity index is 1.61. The first-order chi connectivity index (χ1) is 9.34. The third-order valence-corrected chi connectivity index (χ3v) is 3.93. The maximum absolute atomic E-state index is 5.99. The lowest BCUT2D eigenvalue weighted by Gasteiger charge is -2.32. The fourth-order valence-electron chi connectivity index (χ4n) is 2.71. The fraction of sp³-hybridized carbons (Fsp3) is 0.533. The maximum atomic E-state index is 5.99. The highest BCUT2D eigenvalue weighted by Gasteiger charge is 2.22. The second-order valence-electron chi connectivity index (χ2n) is 5.30. The number of para-hydroxylation sites is 1. The molecule has 0 amide bonds. The molecule has 0 saturated carbocycles. The van der Waals surface area contributed by atoms with Gasteiger partial charge in [-0.1, -0.05) is 18.2 Å². The van der Waals surface area contributed by atoms with E-state index in [0.717, 1.165) is 25.3 Å². The first-order valence-electron chi connectivity index (χ1n) is 7.02. The molecule has 1 fully saturated rings. The topological polar surface area (TPSA) is 36.9 Å². The molecule has 2 aliphatic heterocycles. The summed E-state index contributed by atoms with van der Waals surface area (Å²) < 4.78 is 5.99. The van der Waals surface area contributed by atoms with Gasteiger partial charge in [-0.05, 0) is 37.9 Å². The number of aliphatic imine (C=N–C) groups is 1. The minimum Gasteiger partial charge on any atom is -0.339 e. The van der Waals surface area contributed by atoms with E-state index in [-0.39, 0.29) is 6.35 Å². The summed E-state index contributed by atoms with van der Waals surface area (Å²) in [4.78, 5) is 6.61. The number of ether oxygens (including phenoxy) is 1. The zero-order valence-electron chi connectivity index (χ0n) is 11.4. The van der Waals surface area contributed by atoms with Crippen LogP contribution in [0, 0.1) is 5.92 Å². The summed E-state index contributed by atoms with van der Waals surface area (Å²) in [6.45, 7) is 3.03. The molecule has 19 heavy (non-hydrogen) atoms. The average molecular weight is 259 g/mol. The molecule has 1 atom stereocenters. The van der Waals surface area contributed by atoms with Gasteiger partial charge < -0.3 is 15.0 Å². The van der Waals surface area contributed by atoms with Gasteiger partial charge in [0.25, 0.3) is 0 Å². The molecule has 1 unspecified atom stereocenters. The number of anilines is 1.